The molecule has 174 valence electrons. The van der Waals surface area contributed by atoms with Crippen molar-refractivity contribution in [2.45, 2.75) is 30.9 Å². The van der Waals surface area contributed by atoms with Crippen LogP contribution in [0.2, 0.25) is 0 Å². The lowest BCUT2D eigenvalue weighted by atomic mass is 10.1. The highest BCUT2D eigenvalue weighted by Crippen LogP contribution is 2.40. The van der Waals surface area contributed by atoms with Crippen molar-refractivity contribution in [3.8, 4) is 11.4 Å². The molecule has 7 nitrogen and oxygen atoms in total. The summed E-state index contributed by atoms with van der Waals surface area (Å²) in [5.41, 5.74) is 3.49. The Bertz CT molecular complexity index is 1280. The second-order valence-corrected chi connectivity index (χ2v) is 8.95. The molecular formula is C25H23FN4O3S. The molecular weight excluding hydrogens is 455 g/mol. The minimum atomic E-state index is -0.563. The Morgan fingerprint density at radius 1 is 1.03 bits per heavy atom. The van der Waals surface area contributed by atoms with E-state index in [4.69, 9.17) is 4.74 Å². The third-order valence-corrected chi connectivity index (χ3v) is 6.39. The van der Waals surface area contributed by atoms with Gasteiger partial charge in [-0.05, 0) is 49.7 Å². The van der Waals surface area contributed by atoms with Crippen LogP contribution in [0, 0.1) is 29.8 Å². The third kappa shape index (κ3) is 5.60. The van der Waals surface area contributed by atoms with E-state index in [0.717, 1.165) is 16.8 Å². The fourth-order valence-electron chi connectivity index (χ4n) is 3.49. The van der Waals surface area contributed by atoms with Crippen LogP contribution in [0.15, 0.2) is 78.0 Å². The van der Waals surface area contributed by atoms with Crippen molar-refractivity contribution in [3.05, 3.63) is 111 Å². The maximum absolute atomic E-state index is 13.2. The molecule has 9 heteroatoms. The predicted molar refractivity (Wildman–Crippen MR) is 128 cm³/mol. The molecule has 0 saturated heterocycles. The van der Waals surface area contributed by atoms with Gasteiger partial charge >= 0.3 is 0 Å². The standard InChI is InChI=1S/C25H23FN4O3S/c1-17-7-13-21(14-8-17)30-18(2)27-28-25(30)34-24(15-29(31)32)22-5-3-4-6-23(22)33-16-19-9-11-20(26)12-10-19/h3-14,24H,15-16H2,1-2H3/t24-/m1/s1. The van der Waals surface area contributed by atoms with Crippen LogP contribution in [0.25, 0.3) is 5.69 Å². The first-order chi connectivity index (χ1) is 16.4. The molecule has 4 rings (SSSR count). The van der Waals surface area contributed by atoms with Crippen molar-refractivity contribution in [1.29, 1.82) is 0 Å². The lowest BCUT2D eigenvalue weighted by Gasteiger charge is -2.18. The van der Waals surface area contributed by atoms with Crippen LogP contribution in [0.1, 0.15) is 27.8 Å². The number of aromatic nitrogens is 3. The largest absolute Gasteiger partial charge is 0.489 e. The number of aryl methyl sites for hydroxylation is 2. The predicted octanol–water partition coefficient (Wildman–Crippen LogP) is 5.71. The van der Waals surface area contributed by atoms with Crippen molar-refractivity contribution in [2.24, 2.45) is 0 Å². The minimum absolute atomic E-state index is 0.214. The van der Waals surface area contributed by atoms with Crippen molar-refractivity contribution < 1.29 is 14.1 Å². The topological polar surface area (TPSA) is 83.1 Å². The Balaban J connectivity index is 1.63. The molecule has 34 heavy (non-hydrogen) atoms. The van der Waals surface area contributed by atoms with Crippen molar-refractivity contribution in [1.82, 2.24) is 14.8 Å². The van der Waals surface area contributed by atoms with Gasteiger partial charge in [-0.25, -0.2) is 4.39 Å². The van der Waals surface area contributed by atoms with Crippen molar-refractivity contribution in [2.75, 3.05) is 6.54 Å². The second kappa shape index (κ2) is 10.5. The first-order valence-corrected chi connectivity index (χ1v) is 11.5. The van der Waals surface area contributed by atoms with Gasteiger partial charge in [0.25, 0.3) is 0 Å². The first-order valence-electron chi connectivity index (χ1n) is 10.6. The molecule has 0 fully saturated rings. The summed E-state index contributed by atoms with van der Waals surface area (Å²) in [4.78, 5) is 11.2. The number of benzene rings is 3. The van der Waals surface area contributed by atoms with E-state index >= 15 is 0 Å². The van der Waals surface area contributed by atoms with Gasteiger partial charge in [0.15, 0.2) is 5.16 Å². The molecule has 0 bridgehead atoms. The van der Waals surface area contributed by atoms with E-state index in [0.29, 0.717) is 22.3 Å². The van der Waals surface area contributed by atoms with Crippen LogP contribution in [-0.2, 0) is 6.61 Å². The number of para-hydroxylation sites is 1. The smallest absolute Gasteiger partial charge is 0.220 e. The van der Waals surface area contributed by atoms with Crippen LogP contribution in [0.3, 0.4) is 0 Å². The maximum atomic E-state index is 13.2. The summed E-state index contributed by atoms with van der Waals surface area (Å²) in [5.74, 6) is 0.899. The number of nitrogens with zero attached hydrogens (tertiary/aromatic N) is 4. The van der Waals surface area contributed by atoms with Crippen LogP contribution < -0.4 is 4.74 Å². The number of ether oxygens (including phenoxy) is 1. The Hall–Kier alpha value is -3.72. The molecule has 0 amide bonds. The van der Waals surface area contributed by atoms with E-state index < -0.39 is 5.25 Å². The van der Waals surface area contributed by atoms with E-state index in [1.807, 2.05) is 60.9 Å². The van der Waals surface area contributed by atoms with E-state index in [1.165, 1.54) is 23.9 Å². The number of halogens is 1. The highest BCUT2D eigenvalue weighted by atomic mass is 32.2. The molecule has 1 aromatic heterocycles. The molecule has 0 saturated carbocycles. The second-order valence-electron chi connectivity index (χ2n) is 7.78. The van der Waals surface area contributed by atoms with Gasteiger partial charge in [0.05, 0.1) is 0 Å². The lowest BCUT2D eigenvalue weighted by molar-refractivity contribution is -0.479. The monoisotopic (exact) mass is 478 g/mol. The zero-order valence-electron chi connectivity index (χ0n) is 18.7. The quantitative estimate of drug-likeness (QED) is 0.174. The molecule has 0 radical (unpaired) electrons. The van der Waals surface area contributed by atoms with Gasteiger partial charge in [0, 0.05) is 16.2 Å². The molecule has 0 aliphatic carbocycles. The zero-order valence-corrected chi connectivity index (χ0v) is 19.5. The zero-order chi connectivity index (χ0) is 24.1. The van der Waals surface area contributed by atoms with Gasteiger partial charge in [-0.15, -0.1) is 10.2 Å². The highest BCUT2D eigenvalue weighted by Gasteiger charge is 2.26. The van der Waals surface area contributed by atoms with E-state index in [9.17, 15) is 14.5 Å². The van der Waals surface area contributed by atoms with Crippen LogP contribution in [0.4, 0.5) is 4.39 Å². The molecule has 4 aromatic rings. The summed E-state index contributed by atoms with van der Waals surface area (Å²) >= 11 is 1.27. The maximum Gasteiger partial charge on any atom is 0.220 e. The summed E-state index contributed by atoms with van der Waals surface area (Å²) in [6.45, 7) is 3.75. The highest BCUT2D eigenvalue weighted by molar-refractivity contribution is 7.99. The number of rotatable bonds is 9. The van der Waals surface area contributed by atoms with Crippen LogP contribution in [0.5, 0.6) is 5.75 Å². The van der Waals surface area contributed by atoms with Gasteiger partial charge in [0.1, 0.15) is 29.2 Å². The van der Waals surface area contributed by atoms with Crippen molar-refractivity contribution >= 4 is 11.8 Å². The fourth-order valence-corrected chi connectivity index (χ4v) is 4.70. The molecule has 1 heterocycles. The lowest BCUT2D eigenvalue weighted by Crippen LogP contribution is -2.12. The molecule has 1 atom stereocenters. The first kappa shape index (κ1) is 23.4. The van der Waals surface area contributed by atoms with E-state index in [1.54, 1.807) is 18.2 Å². The molecule has 3 aromatic carbocycles. The molecule has 0 aliphatic rings. The van der Waals surface area contributed by atoms with Gasteiger partial charge < -0.3 is 4.74 Å². The van der Waals surface area contributed by atoms with Gasteiger partial charge in [-0.3, -0.25) is 14.7 Å². The van der Waals surface area contributed by atoms with Crippen LogP contribution in [-0.4, -0.2) is 26.2 Å². The van der Waals surface area contributed by atoms with Crippen LogP contribution >= 0.6 is 11.8 Å². The molecule has 0 unspecified atom stereocenters. The minimum Gasteiger partial charge on any atom is -0.489 e. The van der Waals surface area contributed by atoms with Gasteiger partial charge in [0.2, 0.25) is 6.54 Å². The van der Waals surface area contributed by atoms with Gasteiger partial charge in [-0.2, -0.15) is 0 Å². The number of thioether (sulfide) groups is 1. The molecule has 0 spiro atoms. The Morgan fingerprint density at radius 3 is 2.44 bits per heavy atom. The summed E-state index contributed by atoms with van der Waals surface area (Å²) < 4.78 is 21.1. The average Bonchev–Trinajstić information content (AvgIpc) is 3.18. The van der Waals surface area contributed by atoms with Gasteiger partial charge in [-0.1, -0.05) is 59.8 Å². The third-order valence-electron chi connectivity index (χ3n) is 5.22. The Kier molecular flexibility index (Phi) is 7.22. The summed E-state index contributed by atoms with van der Waals surface area (Å²) in [5, 5.41) is 20.1. The fraction of sp³-hybridized carbons (Fsp3) is 0.200. The van der Waals surface area contributed by atoms with E-state index in [-0.39, 0.29) is 23.9 Å². The Morgan fingerprint density at radius 2 is 1.74 bits per heavy atom. The van der Waals surface area contributed by atoms with Crippen molar-refractivity contribution in [3.63, 3.8) is 0 Å². The SMILES string of the molecule is Cc1ccc(-n2c(C)nnc2S[C@H](C[N+](=O)[O-])c2ccccc2OCc2ccc(F)cc2)cc1. The average molecular weight is 479 g/mol. The normalized spacial score (nSPS) is 11.9. The van der Waals surface area contributed by atoms with E-state index in [2.05, 4.69) is 10.2 Å². The summed E-state index contributed by atoms with van der Waals surface area (Å²) in [7, 11) is 0. The molecule has 0 aliphatic heterocycles. The Labute approximate surface area is 200 Å². The number of hydrogen-bond acceptors (Lipinski definition) is 6. The summed E-state index contributed by atoms with van der Waals surface area (Å²) in [6, 6.07) is 21.2. The number of nitro groups is 1. The number of hydrogen-bond donors (Lipinski definition) is 0. The summed E-state index contributed by atoms with van der Waals surface area (Å²) in [6.07, 6.45) is 0. The molecule has 0 N–H and O–H groups in total.